The van der Waals surface area contributed by atoms with E-state index in [-0.39, 0.29) is 31.0 Å². The molecule has 1 N–H and O–H groups in total. The Kier molecular flexibility index (Phi) is 2.95. The predicted octanol–water partition coefficient (Wildman–Crippen LogP) is 1.71. The molecule has 2 aromatic rings. The molecule has 1 aliphatic rings. The van der Waals surface area contributed by atoms with Gasteiger partial charge in [-0.1, -0.05) is 12.1 Å². The Morgan fingerprint density at radius 3 is 3.17 bits per heavy atom. The van der Waals surface area contributed by atoms with E-state index >= 15 is 0 Å². The van der Waals surface area contributed by atoms with Crippen molar-refractivity contribution in [2.24, 2.45) is 5.92 Å². The molecular weight excluding hydrogens is 253 g/mol. The Morgan fingerprint density at radius 1 is 1.50 bits per heavy atom. The second kappa shape index (κ2) is 4.61. The second-order valence-electron chi connectivity index (χ2n) is 4.55. The van der Waals surface area contributed by atoms with Gasteiger partial charge in [-0.25, -0.2) is 0 Å². The molecule has 0 unspecified atom stereocenters. The highest BCUT2D eigenvalue weighted by molar-refractivity contribution is 7.00. The van der Waals surface area contributed by atoms with Crippen LogP contribution < -0.4 is 5.32 Å². The zero-order chi connectivity index (χ0) is 12.5. The van der Waals surface area contributed by atoms with Gasteiger partial charge in [-0.15, -0.1) is 0 Å². The van der Waals surface area contributed by atoms with Crippen LogP contribution in [-0.4, -0.2) is 27.4 Å². The summed E-state index contributed by atoms with van der Waals surface area (Å²) in [4.78, 5) is 11.8. The molecule has 94 valence electrons. The third-order valence-corrected chi connectivity index (χ3v) is 3.73. The SMILES string of the molecule is O=C(Cc1cccc2nsnc12)N[C@@H]1C[C@H]1CF. The number of nitrogens with zero attached hydrogens (tertiary/aromatic N) is 2. The van der Waals surface area contributed by atoms with Crippen molar-refractivity contribution in [3.63, 3.8) is 0 Å². The fraction of sp³-hybridized carbons (Fsp3) is 0.417. The van der Waals surface area contributed by atoms with Crippen LogP contribution in [0.25, 0.3) is 11.0 Å². The molecule has 0 saturated heterocycles. The third kappa shape index (κ3) is 2.20. The Balaban J connectivity index is 1.69. The molecular formula is C12H12FN3OS. The van der Waals surface area contributed by atoms with Crippen LogP contribution in [0, 0.1) is 5.92 Å². The molecule has 0 bridgehead atoms. The van der Waals surface area contributed by atoms with E-state index in [2.05, 4.69) is 14.1 Å². The Labute approximate surface area is 108 Å². The number of aromatic nitrogens is 2. The highest BCUT2D eigenvalue weighted by Crippen LogP contribution is 2.30. The lowest BCUT2D eigenvalue weighted by Crippen LogP contribution is -2.28. The number of fused-ring (bicyclic) bond motifs is 1. The maximum absolute atomic E-state index is 12.3. The van der Waals surface area contributed by atoms with E-state index in [4.69, 9.17) is 0 Å². The summed E-state index contributed by atoms with van der Waals surface area (Å²) in [7, 11) is 0. The molecule has 4 nitrogen and oxygen atoms in total. The van der Waals surface area contributed by atoms with E-state index in [1.807, 2.05) is 18.2 Å². The number of nitrogens with one attached hydrogen (secondary N) is 1. The second-order valence-corrected chi connectivity index (χ2v) is 5.08. The average Bonchev–Trinajstić information content (AvgIpc) is 2.92. The maximum atomic E-state index is 12.3. The van der Waals surface area contributed by atoms with Gasteiger partial charge in [-0.05, 0) is 18.1 Å². The number of alkyl halides is 1. The number of hydrogen-bond donors (Lipinski definition) is 1. The Morgan fingerprint density at radius 2 is 2.39 bits per heavy atom. The zero-order valence-corrected chi connectivity index (χ0v) is 10.4. The first-order valence-corrected chi connectivity index (χ1v) is 6.56. The van der Waals surface area contributed by atoms with Crippen molar-refractivity contribution in [1.82, 2.24) is 14.1 Å². The molecule has 1 amide bonds. The van der Waals surface area contributed by atoms with Crippen LogP contribution in [0.15, 0.2) is 18.2 Å². The molecule has 3 rings (SSSR count). The molecule has 0 spiro atoms. The molecule has 0 aliphatic heterocycles. The van der Waals surface area contributed by atoms with E-state index in [0.29, 0.717) is 0 Å². The van der Waals surface area contributed by atoms with Gasteiger partial charge >= 0.3 is 0 Å². The van der Waals surface area contributed by atoms with Crippen molar-refractivity contribution in [3.8, 4) is 0 Å². The molecule has 2 atom stereocenters. The summed E-state index contributed by atoms with van der Waals surface area (Å²) in [5.74, 6) is -0.0536. The van der Waals surface area contributed by atoms with Crippen LogP contribution in [0.3, 0.4) is 0 Å². The summed E-state index contributed by atoms with van der Waals surface area (Å²) in [6.45, 7) is -0.351. The molecule has 1 aliphatic carbocycles. The lowest BCUT2D eigenvalue weighted by atomic mass is 10.1. The molecule has 1 aromatic carbocycles. The number of benzene rings is 1. The van der Waals surface area contributed by atoms with Crippen LogP contribution in [-0.2, 0) is 11.2 Å². The van der Waals surface area contributed by atoms with Crippen LogP contribution in [0.1, 0.15) is 12.0 Å². The quantitative estimate of drug-likeness (QED) is 0.915. The summed E-state index contributed by atoms with van der Waals surface area (Å²) in [6, 6.07) is 5.65. The lowest BCUT2D eigenvalue weighted by molar-refractivity contribution is -0.120. The number of hydrogen-bond acceptors (Lipinski definition) is 4. The fourth-order valence-electron chi connectivity index (χ4n) is 2.03. The first-order valence-electron chi connectivity index (χ1n) is 5.83. The van der Waals surface area contributed by atoms with E-state index in [0.717, 1.165) is 34.7 Å². The summed E-state index contributed by atoms with van der Waals surface area (Å²) >= 11 is 1.14. The van der Waals surface area contributed by atoms with Crippen molar-refractivity contribution in [2.45, 2.75) is 18.9 Å². The fourth-order valence-corrected chi connectivity index (χ4v) is 2.60. The number of halogens is 1. The van der Waals surface area contributed by atoms with Gasteiger partial charge in [-0.3, -0.25) is 9.18 Å². The predicted molar refractivity (Wildman–Crippen MR) is 67.1 cm³/mol. The van der Waals surface area contributed by atoms with Gasteiger partial charge in [0.1, 0.15) is 11.0 Å². The van der Waals surface area contributed by atoms with E-state index in [1.54, 1.807) is 0 Å². The standard InChI is InChI=1S/C12H12FN3OS/c13-6-8-4-10(8)14-11(17)5-7-2-1-3-9-12(7)16-18-15-9/h1-3,8,10H,4-6H2,(H,14,17)/t8-,10+/m0/s1. The van der Waals surface area contributed by atoms with E-state index in [1.165, 1.54) is 0 Å². The lowest BCUT2D eigenvalue weighted by Gasteiger charge is -2.04. The molecule has 1 heterocycles. The molecule has 18 heavy (non-hydrogen) atoms. The van der Waals surface area contributed by atoms with Gasteiger partial charge in [-0.2, -0.15) is 8.75 Å². The van der Waals surface area contributed by atoms with Crippen molar-refractivity contribution >= 4 is 28.7 Å². The maximum Gasteiger partial charge on any atom is 0.224 e. The Hall–Kier alpha value is -1.56. The number of carbonyl (C=O) groups is 1. The summed E-state index contributed by atoms with van der Waals surface area (Å²) in [5, 5.41) is 2.84. The van der Waals surface area contributed by atoms with Crippen molar-refractivity contribution < 1.29 is 9.18 Å². The van der Waals surface area contributed by atoms with E-state index < -0.39 is 0 Å². The van der Waals surface area contributed by atoms with E-state index in [9.17, 15) is 9.18 Å². The normalized spacial score (nSPS) is 22.1. The van der Waals surface area contributed by atoms with Gasteiger partial charge in [0.2, 0.25) is 5.91 Å². The molecule has 6 heteroatoms. The summed E-state index contributed by atoms with van der Waals surface area (Å²) < 4.78 is 20.6. The molecule has 1 aromatic heterocycles. The van der Waals surface area contributed by atoms with Gasteiger partial charge in [0.25, 0.3) is 0 Å². The highest BCUT2D eigenvalue weighted by Gasteiger charge is 2.38. The van der Waals surface area contributed by atoms with Gasteiger partial charge < -0.3 is 5.32 Å². The zero-order valence-electron chi connectivity index (χ0n) is 9.60. The number of carbonyl (C=O) groups excluding carboxylic acids is 1. The van der Waals surface area contributed by atoms with Crippen LogP contribution in [0.4, 0.5) is 4.39 Å². The summed E-state index contributed by atoms with van der Waals surface area (Å²) in [6.07, 6.45) is 1.03. The average molecular weight is 265 g/mol. The molecule has 0 radical (unpaired) electrons. The smallest absolute Gasteiger partial charge is 0.224 e. The molecule has 1 saturated carbocycles. The van der Waals surface area contributed by atoms with Crippen LogP contribution >= 0.6 is 11.7 Å². The third-order valence-electron chi connectivity index (χ3n) is 3.19. The minimum atomic E-state index is -0.351. The van der Waals surface area contributed by atoms with Crippen molar-refractivity contribution in [1.29, 1.82) is 0 Å². The van der Waals surface area contributed by atoms with Gasteiger partial charge in [0.05, 0.1) is 24.8 Å². The topological polar surface area (TPSA) is 54.9 Å². The van der Waals surface area contributed by atoms with Crippen LogP contribution in [0.2, 0.25) is 0 Å². The van der Waals surface area contributed by atoms with Crippen LogP contribution in [0.5, 0.6) is 0 Å². The van der Waals surface area contributed by atoms with Crippen molar-refractivity contribution in [3.05, 3.63) is 23.8 Å². The largest absolute Gasteiger partial charge is 0.353 e. The Bertz CT molecular complexity index is 585. The number of rotatable bonds is 4. The molecule has 1 fully saturated rings. The summed E-state index contributed by atoms with van der Waals surface area (Å²) in [5.41, 5.74) is 2.48. The first-order chi connectivity index (χ1) is 8.78. The monoisotopic (exact) mass is 265 g/mol. The first kappa shape index (κ1) is 11.5. The highest BCUT2D eigenvalue weighted by atomic mass is 32.1. The van der Waals surface area contributed by atoms with Gasteiger partial charge in [0, 0.05) is 12.0 Å². The minimum absolute atomic E-state index is 0.0191. The number of amides is 1. The van der Waals surface area contributed by atoms with Crippen molar-refractivity contribution in [2.75, 3.05) is 6.67 Å². The van der Waals surface area contributed by atoms with Gasteiger partial charge in [0.15, 0.2) is 0 Å². The minimum Gasteiger partial charge on any atom is -0.353 e.